The first-order valence-corrected chi connectivity index (χ1v) is 7.49. The molecule has 0 saturated carbocycles. The SMILES string of the molecule is C=CC1=C(/C=C\C)N(C)c2c(ccc3ccccc23)CC1. The fourth-order valence-electron chi connectivity index (χ4n) is 3.21. The summed E-state index contributed by atoms with van der Waals surface area (Å²) in [4.78, 5) is 2.32. The van der Waals surface area contributed by atoms with Gasteiger partial charge in [-0.3, -0.25) is 0 Å². The number of allylic oxidation sites excluding steroid dienone is 4. The van der Waals surface area contributed by atoms with Crippen molar-refractivity contribution in [2.45, 2.75) is 19.8 Å². The van der Waals surface area contributed by atoms with E-state index in [1.54, 1.807) is 0 Å². The van der Waals surface area contributed by atoms with E-state index in [0.29, 0.717) is 0 Å². The Bertz CT molecular complexity index is 750. The molecule has 106 valence electrons. The van der Waals surface area contributed by atoms with Crippen LogP contribution in [0.5, 0.6) is 0 Å². The second-order valence-corrected chi connectivity index (χ2v) is 5.47. The molecule has 0 aromatic heterocycles. The number of rotatable bonds is 2. The first-order valence-electron chi connectivity index (χ1n) is 7.49. The highest BCUT2D eigenvalue weighted by Gasteiger charge is 2.19. The van der Waals surface area contributed by atoms with Crippen molar-refractivity contribution in [1.82, 2.24) is 0 Å². The minimum absolute atomic E-state index is 1.04. The fraction of sp³-hybridized carbons (Fsp3) is 0.200. The average molecular weight is 275 g/mol. The Balaban J connectivity index is 2.29. The van der Waals surface area contributed by atoms with E-state index in [4.69, 9.17) is 0 Å². The highest BCUT2D eigenvalue weighted by Crippen LogP contribution is 2.37. The highest BCUT2D eigenvalue weighted by molar-refractivity contribution is 5.97. The van der Waals surface area contributed by atoms with Gasteiger partial charge in [0.25, 0.3) is 0 Å². The minimum Gasteiger partial charge on any atom is -0.344 e. The first kappa shape index (κ1) is 13.7. The molecule has 0 N–H and O–H groups in total. The van der Waals surface area contributed by atoms with E-state index in [0.717, 1.165) is 12.8 Å². The lowest BCUT2D eigenvalue weighted by molar-refractivity contribution is 0.974. The van der Waals surface area contributed by atoms with E-state index in [9.17, 15) is 0 Å². The van der Waals surface area contributed by atoms with Gasteiger partial charge in [0.05, 0.1) is 5.69 Å². The molecule has 0 spiro atoms. The summed E-state index contributed by atoms with van der Waals surface area (Å²) in [6, 6.07) is 13.1. The highest BCUT2D eigenvalue weighted by atomic mass is 15.1. The van der Waals surface area contributed by atoms with Crippen molar-refractivity contribution in [3.63, 3.8) is 0 Å². The third kappa shape index (κ3) is 2.29. The Morgan fingerprint density at radius 3 is 2.67 bits per heavy atom. The Hall–Kier alpha value is -2.28. The zero-order chi connectivity index (χ0) is 14.8. The molecule has 2 aromatic carbocycles. The molecule has 1 aliphatic heterocycles. The zero-order valence-corrected chi connectivity index (χ0v) is 12.8. The lowest BCUT2D eigenvalue weighted by Gasteiger charge is -2.24. The van der Waals surface area contributed by atoms with Gasteiger partial charge in [-0.15, -0.1) is 0 Å². The predicted molar refractivity (Wildman–Crippen MR) is 92.7 cm³/mol. The molecule has 0 unspecified atom stereocenters. The number of hydrogen-bond acceptors (Lipinski definition) is 1. The van der Waals surface area contributed by atoms with E-state index in [-0.39, 0.29) is 0 Å². The van der Waals surface area contributed by atoms with Crippen LogP contribution in [0.15, 0.2) is 72.5 Å². The number of anilines is 1. The Kier molecular flexibility index (Phi) is 3.66. The van der Waals surface area contributed by atoms with Crippen LogP contribution in [0.1, 0.15) is 18.9 Å². The van der Waals surface area contributed by atoms with E-state index < -0.39 is 0 Å². The van der Waals surface area contributed by atoms with E-state index >= 15 is 0 Å². The third-order valence-corrected chi connectivity index (χ3v) is 4.24. The minimum atomic E-state index is 1.04. The van der Waals surface area contributed by atoms with Crippen molar-refractivity contribution in [2.24, 2.45) is 0 Å². The molecule has 1 nitrogen and oxygen atoms in total. The molecule has 0 fully saturated rings. The summed E-state index contributed by atoms with van der Waals surface area (Å²) in [6.07, 6.45) is 8.39. The van der Waals surface area contributed by atoms with Crippen LogP contribution in [0.2, 0.25) is 0 Å². The first-order chi connectivity index (χ1) is 10.3. The molecule has 0 bridgehead atoms. The van der Waals surface area contributed by atoms with Gasteiger partial charge < -0.3 is 4.90 Å². The number of fused-ring (bicyclic) bond motifs is 3. The number of benzene rings is 2. The molecule has 0 radical (unpaired) electrons. The van der Waals surface area contributed by atoms with Gasteiger partial charge in [-0.25, -0.2) is 0 Å². The maximum absolute atomic E-state index is 4.00. The monoisotopic (exact) mass is 275 g/mol. The predicted octanol–water partition coefficient (Wildman–Crippen LogP) is 5.24. The van der Waals surface area contributed by atoms with Crippen LogP contribution in [0, 0.1) is 0 Å². The van der Waals surface area contributed by atoms with Crippen molar-refractivity contribution in [3.8, 4) is 0 Å². The second-order valence-electron chi connectivity index (χ2n) is 5.47. The van der Waals surface area contributed by atoms with Gasteiger partial charge in [0, 0.05) is 18.1 Å². The Labute approximate surface area is 126 Å². The van der Waals surface area contributed by atoms with Crippen molar-refractivity contribution in [2.75, 3.05) is 11.9 Å². The molecule has 21 heavy (non-hydrogen) atoms. The number of nitrogens with zero attached hydrogens (tertiary/aromatic N) is 1. The van der Waals surface area contributed by atoms with Gasteiger partial charge in [-0.05, 0) is 42.4 Å². The summed E-state index contributed by atoms with van der Waals surface area (Å²) in [5.74, 6) is 0. The summed E-state index contributed by atoms with van der Waals surface area (Å²) in [7, 11) is 2.16. The largest absolute Gasteiger partial charge is 0.344 e. The van der Waals surface area contributed by atoms with Gasteiger partial charge in [-0.2, -0.15) is 0 Å². The molecule has 3 rings (SSSR count). The maximum Gasteiger partial charge on any atom is 0.0520 e. The van der Waals surface area contributed by atoms with Crippen LogP contribution in [0.25, 0.3) is 10.8 Å². The number of aryl methyl sites for hydroxylation is 1. The normalized spacial score (nSPS) is 15.4. The second kappa shape index (κ2) is 5.61. The number of hydrogen-bond donors (Lipinski definition) is 0. The van der Waals surface area contributed by atoms with E-state index in [1.165, 1.54) is 33.3 Å². The van der Waals surface area contributed by atoms with Gasteiger partial charge in [0.15, 0.2) is 0 Å². The molecular formula is C20H21N. The van der Waals surface area contributed by atoms with Gasteiger partial charge in [-0.1, -0.05) is 55.1 Å². The number of likely N-dealkylation sites (N-methyl/N-ethyl adjacent to an activating group) is 1. The summed E-state index contributed by atoms with van der Waals surface area (Å²) in [6.45, 7) is 6.07. The van der Waals surface area contributed by atoms with Crippen molar-refractivity contribution in [3.05, 3.63) is 78.0 Å². The summed E-state index contributed by atoms with van der Waals surface area (Å²) in [5, 5.41) is 2.62. The Morgan fingerprint density at radius 1 is 1.10 bits per heavy atom. The molecular weight excluding hydrogens is 254 g/mol. The quantitative estimate of drug-likeness (QED) is 0.724. The molecule has 1 aliphatic rings. The van der Waals surface area contributed by atoms with Gasteiger partial charge in [0.1, 0.15) is 0 Å². The van der Waals surface area contributed by atoms with Crippen LogP contribution in [0.4, 0.5) is 5.69 Å². The topological polar surface area (TPSA) is 3.24 Å². The fourth-order valence-corrected chi connectivity index (χ4v) is 3.21. The summed E-state index contributed by atoms with van der Waals surface area (Å²) < 4.78 is 0. The maximum atomic E-state index is 4.00. The van der Waals surface area contributed by atoms with Crippen molar-refractivity contribution < 1.29 is 0 Å². The van der Waals surface area contributed by atoms with Crippen LogP contribution in [-0.2, 0) is 6.42 Å². The molecule has 0 amide bonds. The third-order valence-electron chi connectivity index (χ3n) is 4.24. The molecule has 1 heteroatoms. The molecule has 2 aromatic rings. The molecule has 0 aliphatic carbocycles. The zero-order valence-electron chi connectivity index (χ0n) is 12.8. The van der Waals surface area contributed by atoms with Crippen LogP contribution >= 0.6 is 0 Å². The summed E-state index contributed by atoms with van der Waals surface area (Å²) >= 11 is 0. The van der Waals surface area contributed by atoms with E-state index in [2.05, 4.69) is 74.0 Å². The van der Waals surface area contributed by atoms with Gasteiger partial charge >= 0.3 is 0 Å². The standard InChI is InChI=1S/C20H21N/c1-4-8-19-15(5-2)11-13-17-14-12-16-9-6-7-10-18(16)20(17)21(19)3/h4-10,12,14H,2,11,13H2,1,3H3/b8-4-. The lowest BCUT2D eigenvalue weighted by Crippen LogP contribution is -2.17. The average Bonchev–Trinajstić information content (AvgIpc) is 2.65. The van der Waals surface area contributed by atoms with Gasteiger partial charge in [0.2, 0.25) is 0 Å². The van der Waals surface area contributed by atoms with Crippen LogP contribution in [-0.4, -0.2) is 7.05 Å². The van der Waals surface area contributed by atoms with Crippen molar-refractivity contribution >= 4 is 16.5 Å². The smallest absolute Gasteiger partial charge is 0.0520 e. The van der Waals surface area contributed by atoms with Crippen LogP contribution in [0.3, 0.4) is 0 Å². The lowest BCUT2D eigenvalue weighted by atomic mass is 10.00. The summed E-state index contributed by atoms with van der Waals surface area (Å²) in [5.41, 5.74) is 5.31. The van der Waals surface area contributed by atoms with Crippen LogP contribution < -0.4 is 4.90 Å². The Morgan fingerprint density at radius 2 is 1.90 bits per heavy atom. The molecule has 1 heterocycles. The van der Waals surface area contributed by atoms with Crippen molar-refractivity contribution in [1.29, 1.82) is 0 Å². The van der Waals surface area contributed by atoms with E-state index in [1.807, 2.05) is 6.08 Å². The molecule has 0 atom stereocenters. The molecule has 0 saturated heterocycles.